The molecule has 1 aliphatic rings. The number of hydrogen-bond donors (Lipinski definition) is 2. The first kappa shape index (κ1) is 21.4. The monoisotopic (exact) mass is 462 g/mol. The average molecular weight is 463 g/mol. The molecule has 4 rings (SSSR count). The quantitative estimate of drug-likeness (QED) is 0.536. The molecule has 7 nitrogen and oxygen atoms in total. The molecule has 1 aromatic heterocycles. The standard InChI is InChI=1S/C21H21FN4O3S2.H2/c22-18-4-2-1-3-15(18)9-11-23-19-10-13-26(20(19)27)16-5-7-17(8-6-16)31(28,29)25-21-24-12-14-30-21;/h1-8,12,14,19,23H,9-11,13H2,(H,24,25);1H/t19-;/m0./s1. The molecule has 31 heavy (non-hydrogen) atoms. The summed E-state index contributed by atoms with van der Waals surface area (Å²) in [5.74, 6) is -0.326. The van der Waals surface area contributed by atoms with Crippen molar-refractivity contribution in [3.8, 4) is 0 Å². The third-order valence-corrected chi connectivity index (χ3v) is 7.23. The summed E-state index contributed by atoms with van der Waals surface area (Å²) in [4.78, 5) is 18.4. The van der Waals surface area contributed by atoms with Gasteiger partial charge < -0.3 is 10.2 Å². The van der Waals surface area contributed by atoms with Crippen LogP contribution in [-0.4, -0.2) is 38.4 Å². The highest BCUT2D eigenvalue weighted by molar-refractivity contribution is 7.93. The van der Waals surface area contributed by atoms with Gasteiger partial charge in [-0.3, -0.25) is 9.52 Å². The summed E-state index contributed by atoms with van der Waals surface area (Å²) in [6.45, 7) is 1.02. The van der Waals surface area contributed by atoms with E-state index in [0.717, 1.165) is 0 Å². The maximum absolute atomic E-state index is 13.7. The van der Waals surface area contributed by atoms with E-state index >= 15 is 0 Å². The van der Waals surface area contributed by atoms with E-state index in [1.165, 1.54) is 35.7 Å². The predicted octanol–water partition coefficient (Wildman–Crippen LogP) is 3.27. The van der Waals surface area contributed by atoms with Crippen molar-refractivity contribution in [1.82, 2.24) is 10.3 Å². The van der Waals surface area contributed by atoms with Gasteiger partial charge in [-0.2, -0.15) is 0 Å². The van der Waals surface area contributed by atoms with Gasteiger partial charge in [-0.25, -0.2) is 17.8 Å². The summed E-state index contributed by atoms with van der Waals surface area (Å²) >= 11 is 1.19. The van der Waals surface area contributed by atoms with Crippen molar-refractivity contribution >= 4 is 38.1 Å². The Balaban J connectivity index is 0.00000289. The number of rotatable bonds is 8. The Morgan fingerprint density at radius 3 is 2.68 bits per heavy atom. The summed E-state index contributed by atoms with van der Waals surface area (Å²) in [5, 5.41) is 5.17. The van der Waals surface area contributed by atoms with Gasteiger partial charge in [-0.15, -0.1) is 11.3 Å². The highest BCUT2D eigenvalue weighted by Gasteiger charge is 2.32. The lowest BCUT2D eigenvalue weighted by molar-refractivity contribution is -0.118. The number of thiazole rings is 1. The van der Waals surface area contributed by atoms with Gasteiger partial charge in [0.15, 0.2) is 5.13 Å². The van der Waals surface area contributed by atoms with Crippen molar-refractivity contribution in [2.45, 2.75) is 23.8 Å². The minimum absolute atomic E-state index is 0. The molecular weight excluding hydrogens is 439 g/mol. The second-order valence-corrected chi connectivity index (χ2v) is 9.64. The van der Waals surface area contributed by atoms with Crippen LogP contribution in [0.15, 0.2) is 65.0 Å². The second-order valence-electron chi connectivity index (χ2n) is 7.06. The zero-order valence-corrected chi connectivity index (χ0v) is 18.1. The van der Waals surface area contributed by atoms with Crippen molar-refractivity contribution in [1.29, 1.82) is 0 Å². The Kier molecular flexibility index (Phi) is 6.30. The summed E-state index contributed by atoms with van der Waals surface area (Å²) in [6, 6.07) is 12.4. The van der Waals surface area contributed by atoms with Crippen LogP contribution >= 0.6 is 11.3 Å². The third-order valence-electron chi connectivity index (χ3n) is 5.06. The van der Waals surface area contributed by atoms with E-state index in [4.69, 9.17) is 0 Å². The van der Waals surface area contributed by atoms with Crippen LogP contribution in [0.2, 0.25) is 0 Å². The first-order valence-corrected chi connectivity index (χ1v) is 12.1. The molecule has 0 radical (unpaired) electrons. The maximum Gasteiger partial charge on any atom is 0.263 e. The van der Waals surface area contributed by atoms with Crippen molar-refractivity contribution in [3.63, 3.8) is 0 Å². The van der Waals surface area contributed by atoms with Crippen LogP contribution in [-0.2, 0) is 21.2 Å². The van der Waals surface area contributed by atoms with E-state index in [2.05, 4.69) is 15.0 Å². The molecule has 1 amide bonds. The molecule has 2 aromatic carbocycles. The molecule has 0 bridgehead atoms. The number of carbonyl (C=O) groups is 1. The van der Waals surface area contributed by atoms with Crippen LogP contribution < -0.4 is 14.9 Å². The topological polar surface area (TPSA) is 91.4 Å². The van der Waals surface area contributed by atoms with Crippen molar-refractivity contribution < 1.29 is 19.0 Å². The van der Waals surface area contributed by atoms with Gasteiger partial charge in [-0.05, 0) is 48.7 Å². The Morgan fingerprint density at radius 2 is 1.97 bits per heavy atom. The van der Waals surface area contributed by atoms with E-state index in [-0.39, 0.29) is 24.1 Å². The largest absolute Gasteiger partial charge is 0.311 e. The van der Waals surface area contributed by atoms with Crippen LogP contribution in [0.1, 0.15) is 13.4 Å². The molecule has 1 saturated heterocycles. The van der Waals surface area contributed by atoms with E-state index < -0.39 is 10.0 Å². The highest BCUT2D eigenvalue weighted by Crippen LogP contribution is 2.25. The van der Waals surface area contributed by atoms with Crippen molar-refractivity contribution in [2.75, 3.05) is 22.7 Å². The number of amides is 1. The van der Waals surface area contributed by atoms with E-state index in [1.807, 2.05) is 0 Å². The number of nitrogens with one attached hydrogen (secondary N) is 2. The Morgan fingerprint density at radius 1 is 1.19 bits per heavy atom. The zero-order valence-electron chi connectivity index (χ0n) is 16.5. The molecule has 1 fully saturated rings. The van der Waals surface area contributed by atoms with Crippen molar-refractivity contribution in [2.24, 2.45) is 0 Å². The van der Waals surface area contributed by atoms with Gasteiger partial charge in [0.2, 0.25) is 5.91 Å². The fourth-order valence-corrected chi connectivity index (χ4v) is 5.25. The molecule has 0 spiro atoms. The number of benzene rings is 2. The number of anilines is 2. The fraction of sp³-hybridized carbons (Fsp3) is 0.238. The molecule has 0 aliphatic carbocycles. The maximum atomic E-state index is 13.7. The smallest absolute Gasteiger partial charge is 0.263 e. The van der Waals surface area contributed by atoms with E-state index in [1.54, 1.807) is 40.6 Å². The van der Waals surface area contributed by atoms with Gasteiger partial charge in [0.05, 0.1) is 10.9 Å². The average Bonchev–Trinajstić information content (AvgIpc) is 3.39. The normalized spacial score (nSPS) is 16.6. The van der Waals surface area contributed by atoms with E-state index in [9.17, 15) is 17.6 Å². The number of nitrogens with zero attached hydrogens (tertiary/aromatic N) is 2. The molecule has 164 valence electrons. The molecule has 0 unspecified atom stereocenters. The van der Waals surface area contributed by atoms with Crippen LogP contribution in [0.25, 0.3) is 0 Å². The number of sulfonamides is 1. The van der Waals surface area contributed by atoms with Gasteiger partial charge in [0, 0.05) is 31.8 Å². The molecule has 0 saturated carbocycles. The molecule has 2 N–H and O–H groups in total. The van der Waals surface area contributed by atoms with Gasteiger partial charge in [-0.1, -0.05) is 18.2 Å². The molecule has 1 aliphatic heterocycles. The van der Waals surface area contributed by atoms with Gasteiger partial charge in [0.1, 0.15) is 5.82 Å². The first-order chi connectivity index (χ1) is 14.9. The SMILES string of the molecule is O=C1[C@@H](NCCc2ccccc2F)CCN1c1ccc(S(=O)(=O)Nc2nccs2)cc1.[HH]. The van der Waals surface area contributed by atoms with Gasteiger partial charge >= 0.3 is 0 Å². The lowest BCUT2D eigenvalue weighted by Crippen LogP contribution is -2.39. The molecule has 2 heterocycles. The molecule has 10 heteroatoms. The van der Waals surface area contributed by atoms with E-state index in [0.29, 0.717) is 42.3 Å². The Bertz CT molecular complexity index is 1160. The predicted molar refractivity (Wildman–Crippen MR) is 120 cm³/mol. The Labute approximate surface area is 185 Å². The van der Waals surface area contributed by atoms with Crippen molar-refractivity contribution in [3.05, 3.63) is 71.5 Å². The fourth-order valence-electron chi connectivity index (χ4n) is 3.46. The Hall–Kier alpha value is -2.82. The van der Waals surface area contributed by atoms with Crippen LogP contribution in [0, 0.1) is 5.82 Å². The highest BCUT2D eigenvalue weighted by atomic mass is 32.2. The minimum atomic E-state index is -3.74. The summed E-state index contributed by atoms with van der Waals surface area (Å²) in [7, 11) is -3.74. The second kappa shape index (κ2) is 9.13. The zero-order chi connectivity index (χ0) is 21.8. The minimum Gasteiger partial charge on any atom is -0.311 e. The molecular formula is C21H23FN4O3S2. The number of carbonyl (C=O) groups excluding carboxylic acids is 1. The lowest BCUT2D eigenvalue weighted by atomic mass is 10.1. The first-order valence-electron chi connectivity index (χ1n) is 9.74. The van der Waals surface area contributed by atoms with Crippen LogP contribution in [0.5, 0.6) is 0 Å². The number of aromatic nitrogens is 1. The van der Waals surface area contributed by atoms with Crippen LogP contribution in [0.4, 0.5) is 15.2 Å². The lowest BCUT2D eigenvalue weighted by Gasteiger charge is -2.18. The molecule has 1 atom stereocenters. The van der Waals surface area contributed by atoms with Gasteiger partial charge in [0.25, 0.3) is 10.0 Å². The number of halogens is 1. The summed E-state index contributed by atoms with van der Waals surface area (Å²) in [5.41, 5.74) is 1.25. The molecule has 3 aromatic rings. The summed E-state index contributed by atoms with van der Waals surface area (Å²) in [6.07, 6.45) is 2.64. The third kappa shape index (κ3) is 4.92. The number of hydrogen-bond acceptors (Lipinski definition) is 6. The van der Waals surface area contributed by atoms with Crippen LogP contribution in [0.3, 0.4) is 0 Å². The summed E-state index contributed by atoms with van der Waals surface area (Å²) < 4.78 is 41.0.